The number of hydrogen-bond acceptors (Lipinski definition) is 2. The number of amides is 2. The number of carbonyl (C=O) groups is 2. The highest BCUT2D eigenvalue weighted by Gasteiger charge is 2.19. The third-order valence-corrected chi connectivity index (χ3v) is 4.85. The van der Waals surface area contributed by atoms with E-state index >= 15 is 0 Å². The molecule has 0 aliphatic carbocycles. The molecule has 0 saturated carbocycles. The molecule has 0 spiro atoms. The Labute approximate surface area is 155 Å². The second-order valence-electron chi connectivity index (χ2n) is 7.16. The smallest absolute Gasteiger partial charge is 0.255 e. The van der Waals surface area contributed by atoms with Gasteiger partial charge in [0, 0.05) is 29.9 Å². The van der Waals surface area contributed by atoms with Gasteiger partial charge in [-0.05, 0) is 61.1 Å². The van der Waals surface area contributed by atoms with Crippen molar-refractivity contribution in [3.63, 3.8) is 0 Å². The molecule has 136 valence electrons. The molecule has 1 N–H and O–H groups in total. The van der Waals surface area contributed by atoms with Gasteiger partial charge in [-0.15, -0.1) is 0 Å². The van der Waals surface area contributed by atoms with E-state index in [-0.39, 0.29) is 11.8 Å². The quantitative estimate of drug-likeness (QED) is 0.870. The van der Waals surface area contributed by atoms with Crippen molar-refractivity contribution < 1.29 is 9.59 Å². The Morgan fingerprint density at radius 3 is 2.23 bits per heavy atom. The van der Waals surface area contributed by atoms with E-state index in [9.17, 15) is 9.59 Å². The summed E-state index contributed by atoms with van der Waals surface area (Å²) in [5.74, 6) is 0.272. The van der Waals surface area contributed by atoms with Crippen LogP contribution < -0.4 is 5.32 Å². The number of nitrogens with zero attached hydrogens (tertiary/aromatic N) is 1. The van der Waals surface area contributed by atoms with Crippen molar-refractivity contribution in [2.24, 2.45) is 0 Å². The lowest BCUT2D eigenvalue weighted by atomic mass is 10.0. The molecular formula is C22H26N2O2. The minimum atomic E-state index is -0.199. The van der Waals surface area contributed by atoms with Crippen LogP contribution in [0.4, 0.5) is 5.69 Å². The maximum absolute atomic E-state index is 12.6. The molecular weight excluding hydrogens is 324 g/mol. The molecule has 4 heteroatoms. The molecule has 1 aliphatic heterocycles. The number of nitrogens with one attached hydrogen (secondary N) is 1. The Morgan fingerprint density at radius 1 is 0.923 bits per heavy atom. The molecule has 3 rings (SSSR count). The van der Waals surface area contributed by atoms with Crippen molar-refractivity contribution in [3.05, 3.63) is 65.2 Å². The van der Waals surface area contributed by atoms with Crippen LogP contribution in [-0.4, -0.2) is 29.8 Å². The van der Waals surface area contributed by atoms with Crippen molar-refractivity contribution in [3.8, 4) is 0 Å². The van der Waals surface area contributed by atoms with Gasteiger partial charge in [0.2, 0.25) is 0 Å². The Kier molecular flexibility index (Phi) is 5.71. The average molecular weight is 350 g/mol. The van der Waals surface area contributed by atoms with E-state index in [1.165, 1.54) is 12.0 Å². The molecule has 0 radical (unpaired) electrons. The molecule has 0 atom stereocenters. The van der Waals surface area contributed by atoms with Crippen molar-refractivity contribution in [2.75, 3.05) is 18.4 Å². The first-order chi connectivity index (χ1) is 12.5. The zero-order valence-electron chi connectivity index (χ0n) is 15.5. The number of likely N-dealkylation sites (tertiary alicyclic amines) is 1. The molecule has 1 aliphatic rings. The van der Waals surface area contributed by atoms with Crippen LogP contribution in [0.3, 0.4) is 0 Å². The van der Waals surface area contributed by atoms with Crippen LogP contribution in [0, 0.1) is 0 Å². The van der Waals surface area contributed by atoms with E-state index in [2.05, 4.69) is 19.2 Å². The fourth-order valence-corrected chi connectivity index (χ4v) is 3.23. The summed E-state index contributed by atoms with van der Waals surface area (Å²) in [5, 5.41) is 2.91. The number of rotatable bonds is 4. The number of carbonyl (C=O) groups excluding carboxylic acids is 2. The van der Waals surface area contributed by atoms with E-state index in [0.29, 0.717) is 17.0 Å². The first kappa shape index (κ1) is 18.2. The Bertz CT molecular complexity index is 775. The number of hydrogen-bond donors (Lipinski definition) is 1. The second kappa shape index (κ2) is 8.17. The molecule has 0 aromatic heterocycles. The molecule has 2 amide bonds. The first-order valence-corrected chi connectivity index (χ1v) is 9.35. The number of benzene rings is 2. The second-order valence-corrected chi connectivity index (χ2v) is 7.16. The van der Waals surface area contributed by atoms with Crippen molar-refractivity contribution in [1.29, 1.82) is 0 Å². The first-order valence-electron chi connectivity index (χ1n) is 9.35. The van der Waals surface area contributed by atoms with Crippen molar-refractivity contribution in [2.45, 2.75) is 39.0 Å². The molecule has 1 fully saturated rings. The zero-order chi connectivity index (χ0) is 18.5. The highest BCUT2D eigenvalue weighted by Crippen LogP contribution is 2.18. The van der Waals surface area contributed by atoms with Crippen molar-refractivity contribution in [1.82, 2.24) is 4.90 Å². The van der Waals surface area contributed by atoms with E-state index < -0.39 is 0 Å². The molecule has 0 unspecified atom stereocenters. The molecule has 1 heterocycles. The SMILES string of the molecule is CC(C)c1ccc(NC(=O)c2cccc(C(=O)N3CCCCC3)c2)cc1. The normalized spacial score (nSPS) is 14.3. The number of anilines is 1. The fourth-order valence-electron chi connectivity index (χ4n) is 3.23. The minimum Gasteiger partial charge on any atom is -0.339 e. The predicted molar refractivity (Wildman–Crippen MR) is 105 cm³/mol. The third kappa shape index (κ3) is 4.31. The molecule has 4 nitrogen and oxygen atoms in total. The van der Waals surface area contributed by atoms with Crippen molar-refractivity contribution >= 4 is 17.5 Å². The summed E-state index contributed by atoms with van der Waals surface area (Å²) in [5.41, 5.74) is 3.07. The summed E-state index contributed by atoms with van der Waals surface area (Å²) >= 11 is 0. The van der Waals surface area contributed by atoms with Crippen LogP contribution in [0.5, 0.6) is 0 Å². The molecule has 26 heavy (non-hydrogen) atoms. The topological polar surface area (TPSA) is 49.4 Å². The van der Waals surface area contributed by atoms with Gasteiger partial charge in [-0.2, -0.15) is 0 Å². The monoisotopic (exact) mass is 350 g/mol. The van der Waals surface area contributed by atoms with Crippen LogP contribution in [-0.2, 0) is 0 Å². The van der Waals surface area contributed by atoms with E-state index in [4.69, 9.17) is 0 Å². The maximum Gasteiger partial charge on any atom is 0.255 e. The van der Waals surface area contributed by atoms with Crippen LogP contribution in [0.15, 0.2) is 48.5 Å². The highest BCUT2D eigenvalue weighted by molar-refractivity contribution is 6.06. The summed E-state index contributed by atoms with van der Waals surface area (Å²) in [6, 6.07) is 14.9. The van der Waals surface area contributed by atoms with Gasteiger partial charge in [-0.25, -0.2) is 0 Å². The van der Waals surface area contributed by atoms with Gasteiger partial charge in [0.25, 0.3) is 11.8 Å². The number of piperidine rings is 1. The van der Waals surface area contributed by atoms with E-state index in [1.54, 1.807) is 24.3 Å². The Hall–Kier alpha value is -2.62. The van der Waals surface area contributed by atoms with Crippen LogP contribution in [0.25, 0.3) is 0 Å². The molecule has 0 bridgehead atoms. The molecule has 1 saturated heterocycles. The standard InChI is InChI=1S/C22H26N2O2/c1-16(2)17-9-11-20(12-10-17)23-21(25)18-7-6-8-19(15-18)22(26)24-13-4-3-5-14-24/h6-12,15-16H,3-5,13-14H2,1-2H3,(H,23,25). The largest absolute Gasteiger partial charge is 0.339 e. The van der Waals surface area contributed by atoms with Gasteiger partial charge in [0.15, 0.2) is 0 Å². The molecule has 2 aromatic rings. The van der Waals surface area contributed by atoms with Crippen LogP contribution in [0.2, 0.25) is 0 Å². The average Bonchev–Trinajstić information content (AvgIpc) is 2.68. The van der Waals surface area contributed by atoms with E-state index in [0.717, 1.165) is 31.6 Å². The van der Waals surface area contributed by atoms with Gasteiger partial charge in [0.05, 0.1) is 0 Å². The summed E-state index contributed by atoms with van der Waals surface area (Å²) in [7, 11) is 0. The van der Waals surface area contributed by atoms with Gasteiger partial charge in [-0.1, -0.05) is 32.0 Å². The van der Waals surface area contributed by atoms with Gasteiger partial charge in [0.1, 0.15) is 0 Å². The molecule has 2 aromatic carbocycles. The van der Waals surface area contributed by atoms with Gasteiger partial charge < -0.3 is 10.2 Å². The van der Waals surface area contributed by atoms with Gasteiger partial charge in [-0.3, -0.25) is 9.59 Å². The third-order valence-electron chi connectivity index (χ3n) is 4.85. The van der Waals surface area contributed by atoms with E-state index in [1.807, 2.05) is 29.2 Å². The van der Waals surface area contributed by atoms with Crippen LogP contribution >= 0.6 is 0 Å². The zero-order valence-corrected chi connectivity index (χ0v) is 15.5. The summed E-state index contributed by atoms with van der Waals surface area (Å²) in [6.07, 6.45) is 3.29. The lowest BCUT2D eigenvalue weighted by Gasteiger charge is -2.26. The van der Waals surface area contributed by atoms with Gasteiger partial charge >= 0.3 is 0 Å². The maximum atomic E-state index is 12.6. The fraction of sp³-hybridized carbons (Fsp3) is 0.364. The Morgan fingerprint density at radius 2 is 1.58 bits per heavy atom. The Balaban J connectivity index is 1.70. The lowest BCUT2D eigenvalue weighted by molar-refractivity contribution is 0.0724. The predicted octanol–water partition coefficient (Wildman–Crippen LogP) is 4.69. The highest BCUT2D eigenvalue weighted by atomic mass is 16.2. The lowest BCUT2D eigenvalue weighted by Crippen LogP contribution is -2.35. The summed E-state index contributed by atoms with van der Waals surface area (Å²) in [6.45, 7) is 5.88. The minimum absolute atomic E-state index is 0.0145. The summed E-state index contributed by atoms with van der Waals surface area (Å²) in [4.78, 5) is 27.1. The summed E-state index contributed by atoms with van der Waals surface area (Å²) < 4.78 is 0. The van der Waals surface area contributed by atoms with Crippen LogP contribution in [0.1, 0.15) is 65.3 Å².